The second-order valence-corrected chi connectivity index (χ2v) is 6.77. The molecule has 0 aliphatic rings. The third kappa shape index (κ3) is 4.14. The number of hydrogen-bond acceptors (Lipinski definition) is 2. The summed E-state index contributed by atoms with van der Waals surface area (Å²) in [6.45, 7) is 4.97. The summed E-state index contributed by atoms with van der Waals surface area (Å²) in [6.07, 6.45) is 0. The Hall–Kier alpha value is -2.59. The van der Waals surface area contributed by atoms with Gasteiger partial charge in [-0.1, -0.05) is 79.2 Å². The van der Waals surface area contributed by atoms with Crippen LogP contribution < -0.4 is 5.32 Å². The number of amides is 1. The molecule has 5 heteroatoms. The number of aromatic nitrogens is 2. The van der Waals surface area contributed by atoms with Crippen LogP contribution >= 0.6 is 11.6 Å². The van der Waals surface area contributed by atoms with Crippen molar-refractivity contribution in [1.82, 2.24) is 15.1 Å². The molecule has 1 amide bonds. The van der Waals surface area contributed by atoms with Gasteiger partial charge in [-0.3, -0.25) is 4.79 Å². The van der Waals surface area contributed by atoms with Gasteiger partial charge in [-0.2, -0.15) is 5.10 Å². The van der Waals surface area contributed by atoms with Crippen molar-refractivity contribution >= 4 is 17.5 Å². The summed E-state index contributed by atoms with van der Waals surface area (Å²) < 4.78 is 1.67. The van der Waals surface area contributed by atoms with E-state index in [-0.39, 0.29) is 11.8 Å². The molecule has 3 aromatic rings. The maximum atomic E-state index is 12.6. The van der Waals surface area contributed by atoms with Crippen molar-refractivity contribution in [1.29, 1.82) is 0 Å². The van der Waals surface area contributed by atoms with Gasteiger partial charge in [0.15, 0.2) is 0 Å². The van der Waals surface area contributed by atoms with E-state index in [1.165, 1.54) is 5.56 Å². The molecule has 134 valence electrons. The van der Waals surface area contributed by atoms with E-state index in [0.717, 1.165) is 5.56 Å². The van der Waals surface area contributed by atoms with E-state index in [9.17, 15) is 4.79 Å². The zero-order chi connectivity index (χ0) is 18.5. The Morgan fingerprint density at radius 3 is 2.38 bits per heavy atom. The predicted molar refractivity (Wildman–Crippen MR) is 105 cm³/mol. The summed E-state index contributed by atoms with van der Waals surface area (Å²) >= 11 is 6.45. The highest BCUT2D eigenvalue weighted by atomic mass is 35.5. The molecule has 1 aromatic heterocycles. The van der Waals surface area contributed by atoms with Crippen molar-refractivity contribution in [3.8, 4) is 0 Å². The van der Waals surface area contributed by atoms with Crippen molar-refractivity contribution in [3.05, 3.63) is 88.2 Å². The summed E-state index contributed by atoms with van der Waals surface area (Å²) in [5.74, 6) is 0.0354. The Balaban J connectivity index is 1.69. The SMILES string of the molecule is Cc1nn(Cc2ccccc2)c(Cl)c1C(=O)NC[C@@H](C)c1ccccc1. The minimum absolute atomic E-state index is 0.186. The molecule has 2 aromatic carbocycles. The number of rotatable bonds is 6. The molecular weight excluding hydrogens is 346 g/mol. The third-order valence-corrected chi connectivity index (χ3v) is 4.79. The van der Waals surface area contributed by atoms with E-state index in [0.29, 0.717) is 29.5 Å². The molecular formula is C21H22ClN3O. The van der Waals surface area contributed by atoms with Crippen molar-refractivity contribution < 1.29 is 4.79 Å². The summed E-state index contributed by atoms with van der Waals surface area (Å²) in [5.41, 5.74) is 3.36. The molecule has 4 nitrogen and oxygen atoms in total. The quantitative estimate of drug-likeness (QED) is 0.700. The van der Waals surface area contributed by atoms with E-state index >= 15 is 0 Å². The minimum Gasteiger partial charge on any atom is -0.351 e. The van der Waals surface area contributed by atoms with Gasteiger partial charge in [-0.05, 0) is 24.0 Å². The number of nitrogens with one attached hydrogen (secondary N) is 1. The normalized spacial score (nSPS) is 12.0. The summed E-state index contributed by atoms with van der Waals surface area (Å²) in [7, 11) is 0. The van der Waals surface area contributed by atoms with Crippen LogP contribution in [0.5, 0.6) is 0 Å². The Morgan fingerprint density at radius 1 is 1.12 bits per heavy atom. The molecule has 0 bridgehead atoms. The Labute approximate surface area is 158 Å². The molecule has 0 aliphatic heterocycles. The minimum atomic E-state index is -0.186. The summed E-state index contributed by atoms with van der Waals surface area (Å²) in [4.78, 5) is 12.6. The number of aryl methyl sites for hydroxylation is 1. The summed E-state index contributed by atoms with van der Waals surface area (Å²) in [5, 5.41) is 7.79. The van der Waals surface area contributed by atoms with E-state index < -0.39 is 0 Å². The van der Waals surface area contributed by atoms with Gasteiger partial charge in [0.25, 0.3) is 5.91 Å². The average Bonchev–Trinajstić information content (AvgIpc) is 2.94. The lowest BCUT2D eigenvalue weighted by Gasteiger charge is -2.13. The number of halogens is 1. The third-order valence-electron chi connectivity index (χ3n) is 4.41. The molecule has 1 atom stereocenters. The number of hydrogen-bond donors (Lipinski definition) is 1. The van der Waals surface area contributed by atoms with Crippen LogP contribution in [-0.2, 0) is 6.54 Å². The van der Waals surface area contributed by atoms with Crippen LogP contribution in [0, 0.1) is 6.92 Å². The van der Waals surface area contributed by atoms with Gasteiger partial charge in [-0.25, -0.2) is 4.68 Å². The van der Waals surface area contributed by atoms with E-state index in [4.69, 9.17) is 11.6 Å². The standard InChI is InChI=1S/C21H22ClN3O/c1-15(18-11-7-4-8-12-18)13-23-21(26)19-16(2)24-25(20(19)22)14-17-9-5-3-6-10-17/h3-12,15H,13-14H2,1-2H3,(H,23,26)/t15-/m1/s1. The zero-order valence-electron chi connectivity index (χ0n) is 14.9. The van der Waals surface area contributed by atoms with Crippen LogP contribution in [0.15, 0.2) is 60.7 Å². The molecule has 1 heterocycles. The number of carbonyl (C=O) groups is 1. The van der Waals surface area contributed by atoms with Crippen LogP contribution in [0.3, 0.4) is 0 Å². The van der Waals surface area contributed by atoms with Gasteiger partial charge >= 0.3 is 0 Å². The van der Waals surface area contributed by atoms with Gasteiger partial charge < -0.3 is 5.32 Å². The Kier molecular flexibility index (Phi) is 5.74. The fourth-order valence-corrected chi connectivity index (χ4v) is 3.23. The van der Waals surface area contributed by atoms with E-state index in [2.05, 4.69) is 29.5 Å². The van der Waals surface area contributed by atoms with Crippen LogP contribution in [0.25, 0.3) is 0 Å². The van der Waals surface area contributed by atoms with Crippen molar-refractivity contribution in [3.63, 3.8) is 0 Å². The monoisotopic (exact) mass is 367 g/mol. The first-order valence-corrected chi connectivity index (χ1v) is 9.04. The molecule has 0 spiro atoms. The highest BCUT2D eigenvalue weighted by Gasteiger charge is 2.20. The Bertz CT molecular complexity index is 875. The van der Waals surface area contributed by atoms with E-state index in [1.807, 2.05) is 55.5 Å². The fraction of sp³-hybridized carbons (Fsp3) is 0.238. The molecule has 0 radical (unpaired) electrons. The average molecular weight is 368 g/mol. The van der Waals surface area contributed by atoms with Crippen molar-refractivity contribution in [2.75, 3.05) is 6.54 Å². The number of carbonyl (C=O) groups excluding carboxylic acids is 1. The topological polar surface area (TPSA) is 46.9 Å². The highest BCUT2D eigenvalue weighted by Crippen LogP contribution is 2.21. The zero-order valence-corrected chi connectivity index (χ0v) is 15.7. The summed E-state index contributed by atoms with van der Waals surface area (Å²) in [6, 6.07) is 20.0. The molecule has 26 heavy (non-hydrogen) atoms. The first kappa shape index (κ1) is 18.2. The smallest absolute Gasteiger partial charge is 0.256 e. The maximum absolute atomic E-state index is 12.6. The van der Waals surface area contributed by atoms with E-state index in [1.54, 1.807) is 4.68 Å². The van der Waals surface area contributed by atoms with Crippen molar-refractivity contribution in [2.45, 2.75) is 26.3 Å². The number of benzene rings is 2. The molecule has 0 saturated heterocycles. The molecule has 0 saturated carbocycles. The lowest BCUT2D eigenvalue weighted by molar-refractivity contribution is 0.0951. The van der Waals surface area contributed by atoms with Gasteiger partial charge in [0.05, 0.1) is 17.8 Å². The second-order valence-electron chi connectivity index (χ2n) is 6.42. The largest absolute Gasteiger partial charge is 0.351 e. The van der Waals surface area contributed by atoms with Crippen LogP contribution in [0.2, 0.25) is 5.15 Å². The van der Waals surface area contributed by atoms with Crippen LogP contribution in [0.1, 0.15) is 40.0 Å². The van der Waals surface area contributed by atoms with Gasteiger partial charge in [0.2, 0.25) is 0 Å². The number of nitrogens with zero attached hydrogens (tertiary/aromatic N) is 2. The first-order chi connectivity index (χ1) is 12.6. The Morgan fingerprint density at radius 2 is 1.73 bits per heavy atom. The van der Waals surface area contributed by atoms with Gasteiger partial charge in [-0.15, -0.1) is 0 Å². The van der Waals surface area contributed by atoms with Crippen LogP contribution in [0.4, 0.5) is 0 Å². The molecule has 3 rings (SSSR count). The molecule has 0 aliphatic carbocycles. The first-order valence-electron chi connectivity index (χ1n) is 8.66. The maximum Gasteiger partial charge on any atom is 0.256 e. The second kappa shape index (κ2) is 8.19. The molecule has 1 N–H and O–H groups in total. The fourth-order valence-electron chi connectivity index (χ4n) is 2.91. The predicted octanol–water partition coefficient (Wildman–Crippen LogP) is 4.43. The van der Waals surface area contributed by atoms with Gasteiger partial charge in [0.1, 0.15) is 5.15 Å². The highest BCUT2D eigenvalue weighted by molar-refractivity contribution is 6.33. The van der Waals surface area contributed by atoms with Crippen molar-refractivity contribution in [2.24, 2.45) is 0 Å². The lowest BCUT2D eigenvalue weighted by Crippen LogP contribution is -2.28. The van der Waals surface area contributed by atoms with Gasteiger partial charge in [0, 0.05) is 6.54 Å². The molecule has 0 unspecified atom stereocenters. The lowest BCUT2D eigenvalue weighted by atomic mass is 10.0. The van der Waals surface area contributed by atoms with Crippen LogP contribution in [-0.4, -0.2) is 22.2 Å². The molecule has 0 fully saturated rings.